The van der Waals surface area contributed by atoms with E-state index >= 15 is 0 Å². The molecule has 1 aromatic carbocycles. The van der Waals surface area contributed by atoms with Crippen LogP contribution in [0.4, 0.5) is 4.39 Å². The number of nitrogens with zero attached hydrogens (tertiary/aromatic N) is 1. The number of rotatable bonds is 1. The summed E-state index contributed by atoms with van der Waals surface area (Å²) in [4.78, 5) is 0. The summed E-state index contributed by atoms with van der Waals surface area (Å²) in [5.41, 5.74) is 0.0959. The number of fused-ring (bicyclic) bond motifs is 2. The van der Waals surface area contributed by atoms with Gasteiger partial charge < -0.3 is 0 Å². The SMILES string of the molecule is N#CC1(c2ccccc2F)CC2CCC1C2. The van der Waals surface area contributed by atoms with Gasteiger partial charge in [-0.05, 0) is 37.2 Å². The Morgan fingerprint density at radius 1 is 1.31 bits per heavy atom. The van der Waals surface area contributed by atoms with Gasteiger partial charge in [-0.15, -0.1) is 0 Å². The second kappa shape index (κ2) is 3.31. The van der Waals surface area contributed by atoms with Crippen LogP contribution in [0.2, 0.25) is 0 Å². The van der Waals surface area contributed by atoms with Crippen molar-refractivity contribution in [3.8, 4) is 6.07 Å². The average molecular weight is 215 g/mol. The average Bonchev–Trinajstić information content (AvgIpc) is 2.90. The standard InChI is InChI=1S/C14H14FN/c15-13-4-2-1-3-12(13)14(9-16)8-10-5-6-11(14)7-10/h1-4,10-11H,5-8H2. The second-order valence-corrected chi connectivity index (χ2v) is 5.14. The van der Waals surface area contributed by atoms with Crippen LogP contribution in [-0.4, -0.2) is 0 Å². The number of benzene rings is 1. The van der Waals surface area contributed by atoms with Crippen molar-refractivity contribution in [2.45, 2.75) is 31.1 Å². The smallest absolute Gasteiger partial charge is 0.128 e. The molecule has 0 saturated heterocycles. The van der Waals surface area contributed by atoms with Crippen molar-refractivity contribution in [1.82, 2.24) is 0 Å². The topological polar surface area (TPSA) is 23.8 Å². The molecule has 3 unspecified atom stereocenters. The molecule has 0 heterocycles. The Kier molecular flexibility index (Phi) is 2.04. The van der Waals surface area contributed by atoms with E-state index in [4.69, 9.17) is 0 Å². The summed E-state index contributed by atoms with van der Waals surface area (Å²) in [6.07, 6.45) is 4.28. The molecule has 2 heteroatoms. The summed E-state index contributed by atoms with van der Waals surface area (Å²) < 4.78 is 13.8. The van der Waals surface area contributed by atoms with Crippen molar-refractivity contribution < 1.29 is 4.39 Å². The van der Waals surface area contributed by atoms with Crippen LogP contribution in [0.1, 0.15) is 31.2 Å². The Morgan fingerprint density at radius 3 is 2.69 bits per heavy atom. The Labute approximate surface area is 94.9 Å². The third-order valence-electron chi connectivity index (χ3n) is 4.40. The summed E-state index contributed by atoms with van der Waals surface area (Å²) in [6, 6.07) is 9.22. The summed E-state index contributed by atoms with van der Waals surface area (Å²) in [5.74, 6) is 0.806. The molecule has 16 heavy (non-hydrogen) atoms. The third kappa shape index (κ3) is 1.15. The lowest BCUT2D eigenvalue weighted by Gasteiger charge is -2.31. The molecule has 2 aliphatic carbocycles. The van der Waals surface area contributed by atoms with E-state index in [-0.39, 0.29) is 5.82 Å². The summed E-state index contributed by atoms with van der Waals surface area (Å²) in [5, 5.41) is 9.50. The molecule has 2 saturated carbocycles. The highest BCUT2D eigenvalue weighted by Crippen LogP contribution is 2.56. The quantitative estimate of drug-likeness (QED) is 0.704. The van der Waals surface area contributed by atoms with Crippen LogP contribution in [0.15, 0.2) is 24.3 Å². The zero-order valence-corrected chi connectivity index (χ0v) is 9.12. The lowest BCUT2D eigenvalue weighted by Crippen LogP contribution is -2.31. The van der Waals surface area contributed by atoms with E-state index in [1.165, 1.54) is 12.5 Å². The van der Waals surface area contributed by atoms with E-state index in [0.717, 1.165) is 19.3 Å². The zero-order chi connectivity index (χ0) is 11.2. The van der Waals surface area contributed by atoms with Crippen molar-refractivity contribution in [3.63, 3.8) is 0 Å². The Morgan fingerprint density at radius 2 is 2.12 bits per heavy atom. The van der Waals surface area contributed by atoms with Crippen LogP contribution < -0.4 is 0 Å². The minimum absolute atomic E-state index is 0.211. The molecule has 2 aliphatic rings. The van der Waals surface area contributed by atoms with Gasteiger partial charge in [-0.3, -0.25) is 0 Å². The van der Waals surface area contributed by atoms with E-state index in [9.17, 15) is 9.65 Å². The molecule has 0 N–H and O–H groups in total. The van der Waals surface area contributed by atoms with Crippen LogP contribution in [-0.2, 0) is 5.41 Å². The fraction of sp³-hybridized carbons (Fsp3) is 0.500. The molecule has 0 spiro atoms. The molecule has 2 fully saturated rings. The van der Waals surface area contributed by atoms with Crippen molar-refractivity contribution in [1.29, 1.82) is 5.26 Å². The van der Waals surface area contributed by atoms with Gasteiger partial charge >= 0.3 is 0 Å². The molecule has 3 atom stereocenters. The second-order valence-electron chi connectivity index (χ2n) is 5.14. The van der Waals surface area contributed by atoms with Crippen LogP contribution in [0.25, 0.3) is 0 Å². The molecular weight excluding hydrogens is 201 g/mol. The Bertz CT molecular complexity index is 462. The molecule has 0 amide bonds. The lowest BCUT2D eigenvalue weighted by atomic mass is 9.69. The maximum absolute atomic E-state index is 13.8. The van der Waals surface area contributed by atoms with Crippen molar-refractivity contribution in [2.75, 3.05) is 0 Å². The van der Waals surface area contributed by atoms with Gasteiger partial charge in [-0.1, -0.05) is 24.6 Å². The van der Waals surface area contributed by atoms with Crippen molar-refractivity contribution >= 4 is 0 Å². The molecule has 1 aromatic rings. The zero-order valence-electron chi connectivity index (χ0n) is 9.12. The first-order valence-electron chi connectivity index (χ1n) is 5.92. The van der Waals surface area contributed by atoms with Gasteiger partial charge in [0, 0.05) is 5.56 Å². The molecule has 82 valence electrons. The van der Waals surface area contributed by atoms with Crippen LogP contribution >= 0.6 is 0 Å². The van der Waals surface area contributed by atoms with E-state index < -0.39 is 5.41 Å². The minimum atomic E-state index is -0.533. The highest BCUT2D eigenvalue weighted by atomic mass is 19.1. The Hall–Kier alpha value is -1.36. The summed E-state index contributed by atoms with van der Waals surface area (Å²) in [6.45, 7) is 0. The monoisotopic (exact) mass is 215 g/mol. The molecule has 0 aliphatic heterocycles. The number of hydrogen-bond donors (Lipinski definition) is 0. The molecular formula is C14H14FN. The first-order chi connectivity index (χ1) is 7.76. The normalized spacial score (nSPS) is 36.2. The first-order valence-corrected chi connectivity index (χ1v) is 5.92. The van der Waals surface area contributed by atoms with Crippen LogP contribution in [0, 0.1) is 29.0 Å². The molecule has 3 rings (SSSR count). The fourth-order valence-electron chi connectivity index (χ4n) is 3.68. The van der Waals surface area contributed by atoms with Crippen LogP contribution in [0.3, 0.4) is 0 Å². The summed E-state index contributed by atoms with van der Waals surface area (Å²) in [7, 11) is 0. The number of hydrogen-bond acceptors (Lipinski definition) is 1. The lowest BCUT2D eigenvalue weighted by molar-refractivity contribution is 0.330. The maximum atomic E-state index is 13.8. The molecule has 0 aromatic heterocycles. The van der Waals surface area contributed by atoms with E-state index in [2.05, 4.69) is 6.07 Å². The van der Waals surface area contributed by atoms with Gasteiger partial charge in [-0.2, -0.15) is 5.26 Å². The molecule has 1 nitrogen and oxygen atoms in total. The van der Waals surface area contributed by atoms with E-state index in [1.54, 1.807) is 12.1 Å². The first kappa shape index (κ1) is 9.84. The third-order valence-corrected chi connectivity index (χ3v) is 4.40. The minimum Gasteiger partial charge on any atom is -0.207 e. The van der Waals surface area contributed by atoms with Gasteiger partial charge in [0.1, 0.15) is 5.82 Å². The van der Waals surface area contributed by atoms with E-state index in [1.807, 2.05) is 6.07 Å². The van der Waals surface area contributed by atoms with Gasteiger partial charge in [0.25, 0.3) is 0 Å². The highest BCUT2D eigenvalue weighted by molar-refractivity contribution is 5.37. The number of nitriles is 1. The van der Waals surface area contributed by atoms with Gasteiger partial charge in [0.2, 0.25) is 0 Å². The van der Waals surface area contributed by atoms with Crippen molar-refractivity contribution in [2.24, 2.45) is 11.8 Å². The number of halogens is 1. The van der Waals surface area contributed by atoms with Gasteiger partial charge in [-0.25, -0.2) is 4.39 Å². The van der Waals surface area contributed by atoms with Gasteiger partial charge in [0.05, 0.1) is 11.5 Å². The van der Waals surface area contributed by atoms with Crippen molar-refractivity contribution in [3.05, 3.63) is 35.6 Å². The fourth-order valence-corrected chi connectivity index (χ4v) is 3.68. The van der Waals surface area contributed by atoms with Gasteiger partial charge in [0.15, 0.2) is 0 Å². The van der Waals surface area contributed by atoms with Crippen LogP contribution in [0.5, 0.6) is 0 Å². The molecule has 0 radical (unpaired) electrons. The largest absolute Gasteiger partial charge is 0.207 e. The maximum Gasteiger partial charge on any atom is 0.128 e. The predicted octanol–water partition coefficient (Wildman–Crippen LogP) is 3.41. The Balaban J connectivity index is 2.11. The van der Waals surface area contributed by atoms with E-state index in [0.29, 0.717) is 17.4 Å². The molecule has 2 bridgehead atoms. The highest BCUT2D eigenvalue weighted by Gasteiger charge is 2.53. The predicted molar refractivity (Wildman–Crippen MR) is 59.1 cm³/mol. The summed E-state index contributed by atoms with van der Waals surface area (Å²) >= 11 is 0.